The van der Waals surface area contributed by atoms with E-state index in [2.05, 4.69) is 88.5 Å². The van der Waals surface area contributed by atoms with Gasteiger partial charge in [0, 0.05) is 27.6 Å². The third-order valence-corrected chi connectivity index (χ3v) is 9.14. The molecular formula is C36H46N4O. The van der Waals surface area contributed by atoms with Crippen LogP contribution in [-0.4, -0.2) is 19.9 Å². The number of nitrogens with zero attached hydrogens (tertiary/aromatic N) is 1. The second kappa shape index (κ2) is 11.7. The molecule has 8 bridgehead atoms. The zero-order valence-corrected chi connectivity index (χ0v) is 26.2. The number of hydrogen-bond acceptors (Lipinski definition) is 2. The average molecular weight is 551 g/mol. The Morgan fingerprint density at radius 2 is 0.878 bits per heavy atom. The van der Waals surface area contributed by atoms with E-state index in [-0.39, 0.29) is 5.43 Å². The molecule has 0 unspecified atom stereocenters. The van der Waals surface area contributed by atoms with Gasteiger partial charge in [-0.3, -0.25) is 4.79 Å². The predicted octanol–water partition coefficient (Wildman–Crippen LogP) is 8.99. The van der Waals surface area contributed by atoms with Gasteiger partial charge in [0.15, 0.2) is 0 Å². The monoisotopic (exact) mass is 550 g/mol. The molecule has 0 fully saturated rings. The number of H-pyrrole nitrogens is 3. The first-order chi connectivity index (χ1) is 19.9. The van der Waals surface area contributed by atoms with E-state index in [9.17, 15) is 4.79 Å². The molecule has 0 radical (unpaired) electrons. The van der Waals surface area contributed by atoms with E-state index in [1.165, 1.54) is 38.9 Å². The Bertz CT molecular complexity index is 1840. The minimum atomic E-state index is 0.0112. The number of hydrogen-bond donors (Lipinski definition) is 3. The first-order valence-corrected chi connectivity index (χ1v) is 15.9. The van der Waals surface area contributed by atoms with Gasteiger partial charge in [-0.2, -0.15) is 0 Å². The van der Waals surface area contributed by atoms with Crippen molar-refractivity contribution < 1.29 is 0 Å². The smallest absolute Gasteiger partial charge is 0.228 e. The lowest BCUT2D eigenvalue weighted by molar-refractivity contribution is 1.07. The average Bonchev–Trinajstić information content (AvgIpc) is 3.71. The fourth-order valence-electron chi connectivity index (χ4n) is 7.24. The number of rotatable bonds is 8. The SMILES string of the molecule is CCC1=C(CC)c2nc1cc1[nH]c(cc3[nH]c(cc4[nH]c(c(CC)c4CC)c2=O)c(CC)c3CC)c(CC)c1CC. The molecule has 5 heteroatoms. The molecule has 0 saturated carbocycles. The van der Waals surface area contributed by atoms with Crippen molar-refractivity contribution in [2.45, 2.75) is 107 Å². The van der Waals surface area contributed by atoms with Crippen LogP contribution >= 0.6 is 0 Å². The van der Waals surface area contributed by atoms with Gasteiger partial charge in [0.1, 0.15) is 5.69 Å². The summed E-state index contributed by atoms with van der Waals surface area (Å²) >= 11 is 0. The lowest BCUT2D eigenvalue weighted by Crippen LogP contribution is -2.08. The molecule has 0 amide bonds. The highest BCUT2D eigenvalue weighted by Gasteiger charge is 2.23. The van der Waals surface area contributed by atoms with E-state index in [0.717, 1.165) is 90.3 Å². The summed E-state index contributed by atoms with van der Waals surface area (Å²) in [5.41, 5.74) is 17.8. The third kappa shape index (κ3) is 4.64. The van der Waals surface area contributed by atoms with Crippen molar-refractivity contribution in [3.63, 3.8) is 0 Å². The van der Waals surface area contributed by atoms with Crippen molar-refractivity contribution in [1.29, 1.82) is 0 Å². The summed E-state index contributed by atoms with van der Waals surface area (Å²) in [5, 5.41) is 0. The normalized spacial score (nSPS) is 12.7. The highest BCUT2D eigenvalue weighted by atomic mass is 16.1. The van der Waals surface area contributed by atoms with Gasteiger partial charge >= 0.3 is 0 Å². The van der Waals surface area contributed by atoms with Gasteiger partial charge in [0.25, 0.3) is 0 Å². The summed E-state index contributed by atoms with van der Waals surface area (Å²) in [7, 11) is 0. The Morgan fingerprint density at radius 3 is 1.29 bits per heavy atom. The second-order valence-electron chi connectivity index (χ2n) is 11.1. The summed E-state index contributed by atoms with van der Waals surface area (Å²) in [6, 6.07) is 6.75. The van der Waals surface area contributed by atoms with E-state index >= 15 is 0 Å². The molecule has 3 N–H and O–H groups in total. The van der Waals surface area contributed by atoms with E-state index < -0.39 is 0 Å². The molecule has 1 aliphatic heterocycles. The fraction of sp³-hybridized carbons (Fsp3) is 0.444. The number of aromatic nitrogens is 4. The number of allylic oxidation sites excluding steroid dienone is 2. The van der Waals surface area contributed by atoms with Crippen LogP contribution in [0.25, 0.3) is 44.2 Å². The van der Waals surface area contributed by atoms with E-state index in [1.54, 1.807) is 0 Å². The molecule has 5 nitrogen and oxygen atoms in total. The first kappa shape index (κ1) is 28.9. The van der Waals surface area contributed by atoms with Gasteiger partial charge in [-0.25, -0.2) is 4.98 Å². The zero-order chi connectivity index (χ0) is 29.4. The lowest BCUT2D eigenvalue weighted by atomic mass is 9.99. The Morgan fingerprint density at radius 1 is 0.488 bits per heavy atom. The van der Waals surface area contributed by atoms with Crippen LogP contribution < -0.4 is 5.43 Å². The number of aryl methyl sites for hydroxylation is 6. The van der Waals surface area contributed by atoms with E-state index in [4.69, 9.17) is 4.98 Å². The van der Waals surface area contributed by atoms with Crippen LogP contribution in [0.5, 0.6) is 0 Å². The summed E-state index contributed by atoms with van der Waals surface area (Å²) in [6.45, 7) is 17.6. The summed E-state index contributed by atoms with van der Waals surface area (Å²) in [5.74, 6) is 0. The van der Waals surface area contributed by atoms with E-state index in [1.807, 2.05) is 0 Å². The van der Waals surface area contributed by atoms with Gasteiger partial charge in [-0.1, -0.05) is 55.4 Å². The third-order valence-electron chi connectivity index (χ3n) is 9.14. The Kier molecular flexibility index (Phi) is 8.26. The maximum Gasteiger partial charge on any atom is 0.228 e. The van der Waals surface area contributed by atoms with Gasteiger partial charge in [0.05, 0.1) is 11.2 Å². The molecule has 4 aromatic rings. The largest absolute Gasteiger partial charge is 0.355 e. The summed E-state index contributed by atoms with van der Waals surface area (Å²) < 4.78 is 0. The van der Waals surface area contributed by atoms with Crippen LogP contribution in [0, 0.1) is 0 Å². The Balaban J connectivity index is 2.11. The van der Waals surface area contributed by atoms with Gasteiger partial charge in [-0.15, -0.1) is 0 Å². The Hall–Kier alpha value is -3.60. The molecule has 0 aliphatic carbocycles. The highest BCUT2D eigenvalue weighted by molar-refractivity contribution is 5.94. The van der Waals surface area contributed by atoms with Gasteiger partial charge < -0.3 is 15.0 Å². The molecule has 0 atom stereocenters. The molecular weight excluding hydrogens is 504 g/mol. The maximum atomic E-state index is 14.3. The van der Waals surface area contributed by atoms with Crippen molar-refractivity contribution in [2.75, 3.05) is 0 Å². The summed E-state index contributed by atoms with van der Waals surface area (Å²) in [6.07, 6.45) is 7.06. The zero-order valence-electron chi connectivity index (χ0n) is 26.2. The fourth-order valence-corrected chi connectivity index (χ4v) is 7.24. The molecule has 0 spiro atoms. The molecule has 5 rings (SSSR count). The molecule has 4 aromatic heterocycles. The molecule has 0 aromatic carbocycles. The van der Waals surface area contributed by atoms with Crippen LogP contribution in [0.3, 0.4) is 0 Å². The van der Waals surface area contributed by atoms with Crippen LogP contribution in [0.15, 0.2) is 23.0 Å². The van der Waals surface area contributed by atoms with Gasteiger partial charge in [0.2, 0.25) is 5.43 Å². The Labute approximate surface area is 243 Å². The number of nitrogens with one attached hydrogen (secondary N) is 3. The van der Waals surface area contributed by atoms with Crippen molar-refractivity contribution in [1.82, 2.24) is 19.9 Å². The van der Waals surface area contributed by atoms with Crippen LogP contribution in [0.4, 0.5) is 0 Å². The topological polar surface area (TPSA) is 77.3 Å². The standard InChI is InChI=1S/C36H46N4O/c1-9-20-22(11-3)30-18-32-24(13-5)26(15-7)34(39-32)36(41)35-27(16-8)25(14-6)33(40-35)19-31-23(12-4)21(10-2)29(38-31)17-28(20)37-30/h17-19,37-39H,9-16H2,1-8H3. The molecule has 1 aliphatic rings. The maximum absolute atomic E-state index is 14.3. The minimum absolute atomic E-state index is 0.0112. The quantitative estimate of drug-likeness (QED) is 0.205. The molecule has 0 saturated heterocycles. The van der Waals surface area contributed by atoms with Crippen LogP contribution in [-0.2, 0) is 38.5 Å². The number of aromatic amines is 3. The van der Waals surface area contributed by atoms with Crippen LogP contribution in [0.2, 0.25) is 0 Å². The van der Waals surface area contributed by atoms with Crippen molar-refractivity contribution in [3.8, 4) is 0 Å². The van der Waals surface area contributed by atoms with Crippen LogP contribution in [0.1, 0.15) is 113 Å². The van der Waals surface area contributed by atoms with Crippen molar-refractivity contribution in [2.24, 2.45) is 0 Å². The predicted molar refractivity (Wildman–Crippen MR) is 176 cm³/mol. The van der Waals surface area contributed by atoms with Gasteiger partial charge in [-0.05, 0) is 114 Å². The highest BCUT2D eigenvalue weighted by Crippen LogP contribution is 2.35. The molecule has 41 heavy (non-hydrogen) atoms. The van der Waals surface area contributed by atoms with E-state index in [0.29, 0.717) is 11.2 Å². The minimum Gasteiger partial charge on any atom is -0.355 e. The summed E-state index contributed by atoms with van der Waals surface area (Å²) in [4.78, 5) is 30.6. The lowest BCUT2D eigenvalue weighted by Gasteiger charge is -2.03. The first-order valence-electron chi connectivity index (χ1n) is 15.9. The van der Waals surface area contributed by atoms with Crippen molar-refractivity contribution in [3.05, 3.63) is 73.2 Å². The molecule has 5 heterocycles. The van der Waals surface area contributed by atoms with Crippen molar-refractivity contribution >= 4 is 44.2 Å². The number of fused-ring (bicyclic) bond motifs is 8. The molecule has 216 valence electrons. The second-order valence-corrected chi connectivity index (χ2v) is 11.1.